The van der Waals surface area contributed by atoms with E-state index in [-0.39, 0.29) is 31.1 Å². The zero-order chi connectivity index (χ0) is 49.3. The van der Waals surface area contributed by atoms with Gasteiger partial charge in [-0.05, 0) is 38.5 Å². The molecule has 0 aliphatic rings. The summed E-state index contributed by atoms with van der Waals surface area (Å²) in [7, 11) is 0. The van der Waals surface area contributed by atoms with E-state index in [1.54, 1.807) is 0 Å². The maximum Gasteiger partial charge on any atom is 0.306 e. The van der Waals surface area contributed by atoms with Crippen molar-refractivity contribution in [2.75, 3.05) is 13.2 Å². The van der Waals surface area contributed by atoms with Crippen molar-refractivity contribution in [2.45, 2.75) is 354 Å². The molecule has 6 heteroatoms. The molecular formula is C62H118O6. The molecule has 0 aromatic rings. The standard InChI is InChI=1S/C62H118O6/c1-4-7-10-13-16-19-22-24-25-26-27-28-29-30-31-32-33-34-35-36-37-38-41-43-46-49-52-55-61(64)67-58-59(57-66-60(63)54-51-48-45-42-39-21-18-15-12-9-6-3)68-62(65)56-53-50-47-44-40-23-20-17-14-11-8-5-2/h15,18,59H,4-14,16-17,19-58H2,1-3H3/b18-15-. The number of hydrogen-bond acceptors (Lipinski definition) is 6. The number of ether oxygens (including phenoxy) is 3. The summed E-state index contributed by atoms with van der Waals surface area (Å²) >= 11 is 0. The summed E-state index contributed by atoms with van der Waals surface area (Å²) in [4.78, 5) is 38.1. The Hall–Kier alpha value is -1.85. The monoisotopic (exact) mass is 959 g/mol. The average molecular weight is 960 g/mol. The van der Waals surface area contributed by atoms with Crippen LogP contribution in [0.5, 0.6) is 0 Å². The van der Waals surface area contributed by atoms with Crippen molar-refractivity contribution >= 4 is 17.9 Å². The molecule has 0 saturated carbocycles. The summed E-state index contributed by atoms with van der Waals surface area (Å²) in [6.45, 7) is 6.65. The van der Waals surface area contributed by atoms with E-state index < -0.39 is 6.10 Å². The fourth-order valence-corrected chi connectivity index (χ4v) is 9.37. The van der Waals surface area contributed by atoms with Crippen LogP contribution in [0.15, 0.2) is 12.2 Å². The molecule has 0 saturated heterocycles. The first kappa shape index (κ1) is 66.2. The Morgan fingerprint density at radius 1 is 0.279 bits per heavy atom. The van der Waals surface area contributed by atoms with Gasteiger partial charge in [0.05, 0.1) is 0 Å². The van der Waals surface area contributed by atoms with Gasteiger partial charge in [0.15, 0.2) is 6.10 Å². The van der Waals surface area contributed by atoms with E-state index >= 15 is 0 Å². The number of hydrogen-bond donors (Lipinski definition) is 0. The molecule has 0 amide bonds. The van der Waals surface area contributed by atoms with Gasteiger partial charge in [0.2, 0.25) is 0 Å². The lowest BCUT2D eigenvalue weighted by Gasteiger charge is -2.18. The van der Waals surface area contributed by atoms with Gasteiger partial charge in [-0.25, -0.2) is 0 Å². The van der Waals surface area contributed by atoms with Crippen LogP contribution >= 0.6 is 0 Å². The van der Waals surface area contributed by atoms with Crippen molar-refractivity contribution in [3.05, 3.63) is 12.2 Å². The van der Waals surface area contributed by atoms with E-state index in [9.17, 15) is 14.4 Å². The van der Waals surface area contributed by atoms with Gasteiger partial charge in [-0.3, -0.25) is 14.4 Å². The summed E-state index contributed by atoms with van der Waals surface area (Å²) in [6.07, 6.45) is 66.6. The van der Waals surface area contributed by atoms with Gasteiger partial charge >= 0.3 is 17.9 Å². The highest BCUT2D eigenvalue weighted by Gasteiger charge is 2.19. The van der Waals surface area contributed by atoms with E-state index in [1.807, 2.05) is 0 Å². The van der Waals surface area contributed by atoms with Crippen LogP contribution in [0.3, 0.4) is 0 Å². The Kier molecular flexibility index (Phi) is 56.2. The lowest BCUT2D eigenvalue weighted by Crippen LogP contribution is -2.30. The highest BCUT2D eigenvalue weighted by atomic mass is 16.6. The summed E-state index contributed by atoms with van der Waals surface area (Å²) < 4.78 is 16.8. The first-order valence-corrected chi connectivity index (χ1v) is 30.7. The molecule has 0 N–H and O–H groups in total. The molecule has 0 bridgehead atoms. The molecule has 402 valence electrons. The third kappa shape index (κ3) is 55.1. The highest BCUT2D eigenvalue weighted by Crippen LogP contribution is 2.18. The number of rotatable bonds is 57. The van der Waals surface area contributed by atoms with Crippen molar-refractivity contribution in [1.82, 2.24) is 0 Å². The minimum atomic E-state index is -0.767. The number of carbonyl (C=O) groups excluding carboxylic acids is 3. The fourth-order valence-electron chi connectivity index (χ4n) is 9.37. The van der Waals surface area contributed by atoms with E-state index in [4.69, 9.17) is 14.2 Å². The average Bonchev–Trinajstić information content (AvgIpc) is 3.34. The quantitative estimate of drug-likeness (QED) is 0.0262. The Morgan fingerprint density at radius 3 is 0.779 bits per heavy atom. The molecule has 0 heterocycles. The van der Waals surface area contributed by atoms with Gasteiger partial charge in [0.1, 0.15) is 13.2 Å². The number of carbonyl (C=O) groups is 3. The predicted molar refractivity (Wildman–Crippen MR) is 293 cm³/mol. The first-order valence-electron chi connectivity index (χ1n) is 30.7. The van der Waals surface area contributed by atoms with Gasteiger partial charge in [0.25, 0.3) is 0 Å². The van der Waals surface area contributed by atoms with Crippen molar-refractivity contribution < 1.29 is 28.6 Å². The second kappa shape index (κ2) is 57.7. The third-order valence-electron chi connectivity index (χ3n) is 14.0. The lowest BCUT2D eigenvalue weighted by molar-refractivity contribution is -0.167. The van der Waals surface area contributed by atoms with Crippen LogP contribution in [0.4, 0.5) is 0 Å². The van der Waals surface area contributed by atoms with Crippen LogP contribution in [0, 0.1) is 0 Å². The maximum atomic E-state index is 12.8. The topological polar surface area (TPSA) is 78.9 Å². The number of allylic oxidation sites excluding steroid dienone is 2. The van der Waals surface area contributed by atoms with E-state index in [0.29, 0.717) is 19.3 Å². The van der Waals surface area contributed by atoms with Crippen molar-refractivity contribution in [3.63, 3.8) is 0 Å². The van der Waals surface area contributed by atoms with E-state index in [2.05, 4.69) is 32.9 Å². The molecule has 0 rings (SSSR count). The Bertz CT molecular complexity index is 1060. The van der Waals surface area contributed by atoms with Crippen molar-refractivity contribution in [3.8, 4) is 0 Å². The summed E-state index contributed by atoms with van der Waals surface area (Å²) in [6, 6.07) is 0. The highest BCUT2D eigenvalue weighted by molar-refractivity contribution is 5.71. The number of esters is 3. The van der Waals surface area contributed by atoms with Gasteiger partial charge in [-0.15, -0.1) is 0 Å². The number of unbranched alkanes of at least 4 members (excludes halogenated alkanes) is 44. The largest absolute Gasteiger partial charge is 0.462 e. The van der Waals surface area contributed by atoms with Crippen LogP contribution in [0.25, 0.3) is 0 Å². The molecule has 0 aromatic carbocycles. The van der Waals surface area contributed by atoms with Crippen molar-refractivity contribution in [2.24, 2.45) is 0 Å². The SMILES string of the molecule is CCCC/C=C\CCCCCCCC(=O)OCC(COC(=O)CCCCCCCCCCCCCCCCCCCCCCCCCCCCC)OC(=O)CCCCCCCCCCCCCC. The van der Waals surface area contributed by atoms with Crippen LogP contribution in [-0.4, -0.2) is 37.2 Å². The van der Waals surface area contributed by atoms with Crippen LogP contribution in [0.1, 0.15) is 348 Å². The molecule has 0 radical (unpaired) electrons. The Balaban J connectivity index is 4.08. The smallest absolute Gasteiger partial charge is 0.306 e. The minimum absolute atomic E-state index is 0.0668. The normalized spacial score (nSPS) is 12.0. The lowest BCUT2D eigenvalue weighted by atomic mass is 10.0. The zero-order valence-electron chi connectivity index (χ0n) is 46.2. The van der Waals surface area contributed by atoms with Gasteiger partial charge in [0, 0.05) is 19.3 Å². The molecule has 68 heavy (non-hydrogen) atoms. The second-order valence-corrected chi connectivity index (χ2v) is 21.0. The van der Waals surface area contributed by atoms with E-state index in [0.717, 1.165) is 64.2 Å². The van der Waals surface area contributed by atoms with Gasteiger partial charge in [-0.2, -0.15) is 0 Å². The molecule has 0 aliphatic carbocycles. The Morgan fingerprint density at radius 2 is 0.500 bits per heavy atom. The third-order valence-corrected chi connectivity index (χ3v) is 14.0. The molecular weight excluding hydrogens is 841 g/mol. The molecule has 0 spiro atoms. The molecule has 1 unspecified atom stereocenters. The second-order valence-electron chi connectivity index (χ2n) is 21.0. The first-order chi connectivity index (χ1) is 33.5. The Labute approximate surface area is 424 Å². The maximum absolute atomic E-state index is 12.8. The van der Waals surface area contributed by atoms with Gasteiger partial charge < -0.3 is 14.2 Å². The van der Waals surface area contributed by atoms with Crippen LogP contribution in [0.2, 0.25) is 0 Å². The van der Waals surface area contributed by atoms with Gasteiger partial charge in [-0.1, -0.05) is 303 Å². The fraction of sp³-hybridized carbons (Fsp3) is 0.919. The van der Waals surface area contributed by atoms with Crippen molar-refractivity contribution in [1.29, 1.82) is 0 Å². The summed E-state index contributed by atoms with van der Waals surface area (Å²) in [5, 5.41) is 0. The predicted octanol–water partition coefficient (Wildman–Crippen LogP) is 20.5. The minimum Gasteiger partial charge on any atom is -0.462 e. The zero-order valence-corrected chi connectivity index (χ0v) is 46.2. The molecule has 1 atom stereocenters. The molecule has 0 aromatic heterocycles. The van der Waals surface area contributed by atoms with E-state index in [1.165, 1.54) is 244 Å². The summed E-state index contributed by atoms with van der Waals surface area (Å²) in [5.41, 5.74) is 0. The van der Waals surface area contributed by atoms with Crippen LogP contribution in [-0.2, 0) is 28.6 Å². The molecule has 0 aliphatic heterocycles. The molecule has 6 nitrogen and oxygen atoms in total. The molecule has 0 fully saturated rings. The summed E-state index contributed by atoms with van der Waals surface area (Å²) in [5.74, 6) is -0.854. The van der Waals surface area contributed by atoms with Crippen LogP contribution < -0.4 is 0 Å².